The Balaban J connectivity index is 0. The van der Waals surface area contributed by atoms with Crippen molar-refractivity contribution in [2.45, 2.75) is 44.6 Å². The second kappa shape index (κ2) is 8.52. The van der Waals surface area contributed by atoms with E-state index in [0.717, 1.165) is 6.42 Å². The van der Waals surface area contributed by atoms with E-state index in [4.69, 9.17) is 5.73 Å². The first-order valence-corrected chi connectivity index (χ1v) is 5.03. The van der Waals surface area contributed by atoms with Gasteiger partial charge in [-0.15, -0.1) is 12.4 Å². The van der Waals surface area contributed by atoms with Gasteiger partial charge in [-0.25, -0.2) is 8.78 Å². The van der Waals surface area contributed by atoms with Crippen LogP contribution >= 0.6 is 12.4 Å². The van der Waals surface area contributed by atoms with Gasteiger partial charge in [0.2, 0.25) is 0 Å². The maximum atomic E-state index is 12.6. The van der Waals surface area contributed by atoms with Crippen molar-refractivity contribution < 1.29 is 22.4 Å². The van der Waals surface area contributed by atoms with E-state index < -0.39 is 24.3 Å². The number of amides is 1. The van der Waals surface area contributed by atoms with E-state index in [1.54, 1.807) is 0 Å². The lowest BCUT2D eigenvalue weighted by Crippen LogP contribution is -2.50. The highest BCUT2D eigenvalue weighted by molar-refractivity contribution is 5.85. The van der Waals surface area contributed by atoms with E-state index in [1.165, 1.54) is 0 Å². The number of hydrogen-bond donors (Lipinski definition) is 2. The molecular formula is C9H17ClF4N2O. The molecule has 0 spiro atoms. The molecule has 0 aliphatic carbocycles. The van der Waals surface area contributed by atoms with Crippen LogP contribution in [0.3, 0.4) is 0 Å². The van der Waals surface area contributed by atoms with Crippen LogP contribution in [0.5, 0.6) is 0 Å². The molecule has 3 nitrogen and oxygen atoms in total. The third-order valence-corrected chi connectivity index (χ3v) is 2.10. The summed E-state index contributed by atoms with van der Waals surface area (Å²) in [6.45, 7) is 1.83. The maximum absolute atomic E-state index is 12.6. The van der Waals surface area contributed by atoms with Gasteiger partial charge in [0.15, 0.2) is 0 Å². The molecule has 0 aromatic rings. The SMILES string of the molecule is CCCCC(CN)NC(=O)C(F)(F)C(F)F.Cl. The van der Waals surface area contributed by atoms with Crippen molar-refractivity contribution in [3.63, 3.8) is 0 Å². The molecule has 0 fully saturated rings. The fourth-order valence-electron chi connectivity index (χ4n) is 1.08. The minimum absolute atomic E-state index is 0. The molecule has 0 aliphatic heterocycles. The lowest BCUT2D eigenvalue weighted by molar-refractivity contribution is -0.170. The molecule has 0 saturated heterocycles. The summed E-state index contributed by atoms with van der Waals surface area (Å²) in [4.78, 5) is 10.8. The Kier molecular flexibility index (Phi) is 9.42. The van der Waals surface area contributed by atoms with Crippen molar-refractivity contribution in [3.8, 4) is 0 Å². The number of halogens is 5. The number of nitrogens with one attached hydrogen (secondary N) is 1. The molecule has 0 rings (SSSR count). The van der Waals surface area contributed by atoms with Crippen LogP contribution in [0, 0.1) is 0 Å². The summed E-state index contributed by atoms with van der Waals surface area (Å²) in [5.74, 6) is -6.62. The highest BCUT2D eigenvalue weighted by Crippen LogP contribution is 2.23. The first-order chi connectivity index (χ1) is 7.36. The van der Waals surface area contributed by atoms with Crippen LogP contribution in [0.1, 0.15) is 26.2 Å². The molecule has 0 aromatic carbocycles. The van der Waals surface area contributed by atoms with E-state index >= 15 is 0 Å². The van der Waals surface area contributed by atoms with Crippen LogP contribution in [0.15, 0.2) is 0 Å². The highest BCUT2D eigenvalue weighted by atomic mass is 35.5. The average molecular weight is 281 g/mol. The fourth-order valence-corrected chi connectivity index (χ4v) is 1.08. The van der Waals surface area contributed by atoms with Gasteiger partial charge in [-0.1, -0.05) is 19.8 Å². The molecule has 1 amide bonds. The summed E-state index contributed by atoms with van der Waals surface area (Å²) in [5.41, 5.74) is 5.23. The third kappa shape index (κ3) is 6.07. The summed E-state index contributed by atoms with van der Waals surface area (Å²) in [6, 6.07) is -0.683. The molecule has 0 aliphatic rings. The molecule has 1 unspecified atom stereocenters. The molecule has 0 bridgehead atoms. The van der Waals surface area contributed by atoms with Gasteiger partial charge in [-0.05, 0) is 6.42 Å². The van der Waals surface area contributed by atoms with Crippen molar-refractivity contribution in [1.29, 1.82) is 0 Å². The number of carbonyl (C=O) groups excluding carboxylic acids is 1. The molecule has 0 aromatic heterocycles. The van der Waals surface area contributed by atoms with Gasteiger partial charge in [-0.2, -0.15) is 8.78 Å². The van der Waals surface area contributed by atoms with Crippen LogP contribution < -0.4 is 11.1 Å². The van der Waals surface area contributed by atoms with Gasteiger partial charge in [0, 0.05) is 12.6 Å². The van der Waals surface area contributed by atoms with Crippen molar-refractivity contribution in [2.75, 3.05) is 6.54 Å². The van der Waals surface area contributed by atoms with E-state index in [-0.39, 0.29) is 19.0 Å². The van der Waals surface area contributed by atoms with E-state index in [9.17, 15) is 22.4 Å². The van der Waals surface area contributed by atoms with Crippen LogP contribution in [0.25, 0.3) is 0 Å². The standard InChI is InChI=1S/C9H16F4N2O.ClH/c1-2-3-4-6(5-14)15-8(16)9(12,13)7(10)11;/h6-7H,2-5,14H2,1H3,(H,15,16);1H. The van der Waals surface area contributed by atoms with Gasteiger partial charge >= 0.3 is 12.3 Å². The number of hydrogen-bond acceptors (Lipinski definition) is 2. The zero-order chi connectivity index (χ0) is 12.8. The van der Waals surface area contributed by atoms with Crippen molar-refractivity contribution >= 4 is 18.3 Å². The summed E-state index contributed by atoms with van der Waals surface area (Å²) in [7, 11) is 0. The fraction of sp³-hybridized carbons (Fsp3) is 0.889. The first kappa shape index (κ1) is 18.8. The number of carbonyl (C=O) groups is 1. The topological polar surface area (TPSA) is 55.1 Å². The Hall–Kier alpha value is -0.560. The number of alkyl halides is 4. The third-order valence-electron chi connectivity index (χ3n) is 2.10. The molecule has 3 N–H and O–H groups in total. The van der Waals surface area contributed by atoms with E-state index in [1.807, 2.05) is 12.2 Å². The Morgan fingerprint density at radius 2 is 1.94 bits per heavy atom. The van der Waals surface area contributed by atoms with Crippen molar-refractivity contribution in [3.05, 3.63) is 0 Å². The molecule has 0 heterocycles. The highest BCUT2D eigenvalue weighted by Gasteiger charge is 2.49. The van der Waals surface area contributed by atoms with Gasteiger partial charge in [0.05, 0.1) is 0 Å². The largest absolute Gasteiger partial charge is 0.383 e. The monoisotopic (exact) mass is 280 g/mol. The lowest BCUT2D eigenvalue weighted by Gasteiger charge is -2.20. The van der Waals surface area contributed by atoms with Crippen LogP contribution in [0.2, 0.25) is 0 Å². The van der Waals surface area contributed by atoms with Gasteiger partial charge in [0.1, 0.15) is 0 Å². The zero-order valence-electron chi connectivity index (χ0n) is 9.39. The first-order valence-electron chi connectivity index (χ1n) is 5.03. The smallest absolute Gasteiger partial charge is 0.347 e. The van der Waals surface area contributed by atoms with Crippen LogP contribution in [-0.2, 0) is 4.79 Å². The van der Waals surface area contributed by atoms with Gasteiger partial charge in [0.25, 0.3) is 5.91 Å². The summed E-state index contributed by atoms with van der Waals surface area (Å²) in [5, 5.41) is 1.83. The number of rotatable bonds is 7. The normalized spacial score (nSPS) is 13.1. The Morgan fingerprint density at radius 1 is 1.41 bits per heavy atom. The number of unbranched alkanes of at least 4 members (excludes halogenated alkanes) is 1. The van der Waals surface area contributed by atoms with Gasteiger partial charge < -0.3 is 11.1 Å². The van der Waals surface area contributed by atoms with Crippen LogP contribution in [0.4, 0.5) is 17.6 Å². The molecule has 0 radical (unpaired) electrons. The van der Waals surface area contributed by atoms with Crippen molar-refractivity contribution in [1.82, 2.24) is 5.32 Å². The van der Waals surface area contributed by atoms with Crippen LogP contribution in [-0.4, -0.2) is 30.8 Å². The molecular weight excluding hydrogens is 264 g/mol. The zero-order valence-corrected chi connectivity index (χ0v) is 10.2. The minimum Gasteiger partial charge on any atom is -0.347 e. The minimum atomic E-state index is -4.65. The van der Waals surface area contributed by atoms with Gasteiger partial charge in [-0.3, -0.25) is 4.79 Å². The maximum Gasteiger partial charge on any atom is 0.383 e. The second-order valence-corrected chi connectivity index (χ2v) is 3.47. The molecule has 8 heteroatoms. The van der Waals surface area contributed by atoms with Crippen molar-refractivity contribution in [2.24, 2.45) is 5.73 Å². The lowest BCUT2D eigenvalue weighted by atomic mass is 10.1. The summed E-state index contributed by atoms with van der Waals surface area (Å²) in [6.07, 6.45) is -2.12. The summed E-state index contributed by atoms with van der Waals surface area (Å²) < 4.78 is 48.8. The number of nitrogens with two attached hydrogens (primary N) is 1. The predicted molar refractivity (Wildman–Crippen MR) is 58.7 cm³/mol. The molecule has 17 heavy (non-hydrogen) atoms. The molecule has 0 saturated carbocycles. The average Bonchev–Trinajstić information content (AvgIpc) is 2.23. The van der Waals surface area contributed by atoms with E-state index in [0.29, 0.717) is 12.8 Å². The molecule has 104 valence electrons. The summed E-state index contributed by atoms with van der Waals surface area (Å²) >= 11 is 0. The Morgan fingerprint density at radius 3 is 2.29 bits per heavy atom. The van der Waals surface area contributed by atoms with E-state index in [2.05, 4.69) is 0 Å². The quantitative estimate of drug-likeness (QED) is 0.700. The molecule has 1 atom stereocenters. The second-order valence-electron chi connectivity index (χ2n) is 3.47. The predicted octanol–water partition coefficient (Wildman–Crippen LogP) is 1.94. The Labute approximate surface area is 104 Å². The Bertz CT molecular complexity index is 229.